The van der Waals surface area contributed by atoms with E-state index in [9.17, 15) is 13.6 Å². The number of nitrogens with zero attached hydrogens (tertiary/aromatic N) is 1. The smallest absolute Gasteiger partial charge is 0.261 e. The molecule has 0 atom stereocenters. The number of nitrogens with one attached hydrogen (secondary N) is 1. The van der Waals surface area contributed by atoms with Gasteiger partial charge in [-0.2, -0.15) is 0 Å². The van der Waals surface area contributed by atoms with Gasteiger partial charge in [-0.3, -0.25) is 4.79 Å². The van der Waals surface area contributed by atoms with Crippen LogP contribution in [0.25, 0.3) is 0 Å². The van der Waals surface area contributed by atoms with E-state index in [0.717, 1.165) is 0 Å². The van der Waals surface area contributed by atoms with Crippen molar-refractivity contribution in [2.75, 3.05) is 18.9 Å². The number of aromatic amines is 1. The molecule has 0 saturated carbocycles. The van der Waals surface area contributed by atoms with Gasteiger partial charge in [0.1, 0.15) is 18.2 Å². The second-order valence-corrected chi connectivity index (χ2v) is 3.45. The average Bonchev–Trinajstić information content (AvgIpc) is 2.24. The molecule has 0 aliphatic heterocycles. The zero-order valence-electron chi connectivity index (χ0n) is 9.50. The standard InChI is InChI=1S/C10H15F2N3O2/c1-2-6-9(13)14-8(15-10(6)16)3-4-17-5-7(11)12/h7H,2-5H2,1H3,(H3,13,14,15,16). The summed E-state index contributed by atoms with van der Waals surface area (Å²) in [5.74, 6) is 0.527. The first-order valence-corrected chi connectivity index (χ1v) is 5.28. The van der Waals surface area contributed by atoms with Crippen LogP contribution in [-0.2, 0) is 17.6 Å². The van der Waals surface area contributed by atoms with Crippen LogP contribution in [0.5, 0.6) is 0 Å². The number of aromatic nitrogens is 2. The third-order valence-electron chi connectivity index (χ3n) is 2.18. The van der Waals surface area contributed by atoms with E-state index in [1.807, 2.05) is 0 Å². The number of anilines is 1. The van der Waals surface area contributed by atoms with E-state index in [1.54, 1.807) is 6.92 Å². The first kappa shape index (κ1) is 13.6. The van der Waals surface area contributed by atoms with Crippen LogP contribution in [0.15, 0.2) is 4.79 Å². The summed E-state index contributed by atoms with van der Waals surface area (Å²) in [4.78, 5) is 18.0. The van der Waals surface area contributed by atoms with Crippen LogP contribution < -0.4 is 11.3 Å². The van der Waals surface area contributed by atoms with Crippen LogP contribution in [0, 0.1) is 0 Å². The molecule has 1 aromatic heterocycles. The van der Waals surface area contributed by atoms with Crippen LogP contribution in [0.2, 0.25) is 0 Å². The van der Waals surface area contributed by atoms with Crippen LogP contribution in [0.1, 0.15) is 18.3 Å². The molecule has 0 amide bonds. The molecule has 0 aliphatic carbocycles. The van der Waals surface area contributed by atoms with Crippen molar-refractivity contribution >= 4 is 5.82 Å². The maximum Gasteiger partial charge on any atom is 0.261 e. The number of nitrogen functional groups attached to an aromatic ring is 1. The second kappa shape index (κ2) is 6.29. The topological polar surface area (TPSA) is 81.0 Å². The molecule has 0 aliphatic rings. The highest BCUT2D eigenvalue weighted by atomic mass is 19.3. The van der Waals surface area contributed by atoms with E-state index in [4.69, 9.17) is 5.73 Å². The van der Waals surface area contributed by atoms with Gasteiger partial charge in [-0.05, 0) is 6.42 Å². The predicted molar refractivity (Wildman–Crippen MR) is 59.2 cm³/mol. The minimum absolute atomic E-state index is 0.0677. The third kappa shape index (κ3) is 4.10. The maximum absolute atomic E-state index is 11.8. The van der Waals surface area contributed by atoms with Crippen molar-refractivity contribution < 1.29 is 13.5 Å². The molecule has 1 rings (SSSR count). The van der Waals surface area contributed by atoms with E-state index >= 15 is 0 Å². The molecule has 0 saturated heterocycles. The van der Waals surface area contributed by atoms with E-state index in [1.165, 1.54) is 0 Å². The Bertz CT molecular complexity index is 421. The third-order valence-corrected chi connectivity index (χ3v) is 2.18. The Balaban J connectivity index is 2.58. The van der Waals surface area contributed by atoms with Gasteiger partial charge in [0.15, 0.2) is 0 Å². The van der Waals surface area contributed by atoms with Crippen molar-refractivity contribution in [1.29, 1.82) is 0 Å². The number of ether oxygens (including phenoxy) is 1. The molecular weight excluding hydrogens is 232 g/mol. The number of nitrogens with two attached hydrogens (primary N) is 1. The highest BCUT2D eigenvalue weighted by molar-refractivity contribution is 5.37. The normalized spacial score (nSPS) is 11.1. The molecule has 17 heavy (non-hydrogen) atoms. The fourth-order valence-corrected chi connectivity index (χ4v) is 1.36. The summed E-state index contributed by atoms with van der Waals surface area (Å²) in [6.07, 6.45) is -1.75. The fraction of sp³-hybridized carbons (Fsp3) is 0.600. The van der Waals surface area contributed by atoms with Crippen molar-refractivity contribution in [3.8, 4) is 0 Å². The lowest BCUT2D eigenvalue weighted by atomic mass is 10.2. The van der Waals surface area contributed by atoms with Gasteiger partial charge in [-0.1, -0.05) is 6.92 Å². The summed E-state index contributed by atoms with van der Waals surface area (Å²) in [5.41, 5.74) is 5.74. The Kier molecular flexibility index (Phi) is 5.02. The Labute approximate surface area is 97.0 Å². The van der Waals surface area contributed by atoms with Gasteiger partial charge >= 0.3 is 0 Å². The summed E-state index contributed by atoms with van der Waals surface area (Å²) < 4.78 is 28.2. The number of hydrogen-bond acceptors (Lipinski definition) is 4. The number of alkyl halides is 2. The Morgan fingerprint density at radius 1 is 1.53 bits per heavy atom. The van der Waals surface area contributed by atoms with Gasteiger partial charge in [0.25, 0.3) is 12.0 Å². The SMILES string of the molecule is CCc1c(N)nc(CCOCC(F)F)[nH]c1=O. The predicted octanol–water partition coefficient (Wildman–Crippen LogP) is 0.739. The molecule has 0 fully saturated rings. The van der Waals surface area contributed by atoms with Crippen molar-refractivity contribution in [2.45, 2.75) is 26.2 Å². The highest BCUT2D eigenvalue weighted by Gasteiger charge is 2.07. The number of halogens is 2. The Hall–Kier alpha value is -1.50. The molecule has 1 aromatic rings. The molecule has 1 heterocycles. The second-order valence-electron chi connectivity index (χ2n) is 3.45. The number of hydrogen-bond donors (Lipinski definition) is 2. The molecule has 5 nitrogen and oxygen atoms in total. The highest BCUT2D eigenvalue weighted by Crippen LogP contribution is 2.03. The van der Waals surface area contributed by atoms with Crippen LogP contribution in [0.4, 0.5) is 14.6 Å². The lowest BCUT2D eigenvalue weighted by Crippen LogP contribution is -2.20. The zero-order valence-corrected chi connectivity index (χ0v) is 9.50. The molecule has 0 unspecified atom stereocenters. The quantitative estimate of drug-likeness (QED) is 0.726. The van der Waals surface area contributed by atoms with Gasteiger partial charge in [0, 0.05) is 6.42 Å². The first-order chi connectivity index (χ1) is 8.04. The van der Waals surface area contributed by atoms with Crippen molar-refractivity contribution in [1.82, 2.24) is 9.97 Å². The Morgan fingerprint density at radius 2 is 2.24 bits per heavy atom. The molecule has 96 valence electrons. The lowest BCUT2D eigenvalue weighted by molar-refractivity contribution is 0.0183. The number of H-pyrrole nitrogens is 1. The molecule has 3 N–H and O–H groups in total. The van der Waals surface area contributed by atoms with Crippen molar-refractivity contribution in [2.24, 2.45) is 0 Å². The fourth-order valence-electron chi connectivity index (χ4n) is 1.36. The Morgan fingerprint density at radius 3 is 2.76 bits per heavy atom. The summed E-state index contributed by atoms with van der Waals surface area (Å²) in [6, 6.07) is 0. The molecule has 0 spiro atoms. The van der Waals surface area contributed by atoms with Gasteiger partial charge in [-0.15, -0.1) is 0 Å². The maximum atomic E-state index is 11.8. The van der Waals surface area contributed by atoms with E-state index in [2.05, 4.69) is 14.7 Å². The molecule has 0 radical (unpaired) electrons. The van der Waals surface area contributed by atoms with Gasteiger partial charge in [-0.25, -0.2) is 13.8 Å². The van der Waals surface area contributed by atoms with Crippen LogP contribution in [0.3, 0.4) is 0 Å². The molecule has 7 heteroatoms. The van der Waals surface area contributed by atoms with Gasteiger partial charge < -0.3 is 15.5 Å². The first-order valence-electron chi connectivity index (χ1n) is 5.28. The minimum Gasteiger partial charge on any atom is -0.383 e. The van der Waals surface area contributed by atoms with Crippen molar-refractivity contribution in [3.05, 3.63) is 21.7 Å². The summed E-state index contributed by atoms with van der Waals surface area (Å²) in [7, 11) is 0. The molecule has 0 bridgehead atoms. The van der Waals surface area contributed by atoms with Crippen LogP contribution >= 0.6 is 0 Å². The summed E-state index contributed by atoms with van der Waals surface area (Å²) >= 11 is 0. The van der Waals surface area contributed by atoms with Gasteiger partial charge in [0.2, 0.25) is 0 Å². The lowest BCUT2D eigenvalue weighted by Gasteiger charge is -2.06. The van der Waals surface area contributed by atoms with E-state index < -0.39 is 13.0 Å². The van der Waals surface area contributed by atoms with E-state index in [0.29, 0.717) is 17.8 Å². The monoisotopic (exact) mass is 247 g/mol. The molecular formula is C10H15F2N3O2. The zero-order chi connectivity index (χ0) is 12.8. The van der Waals surface area contributed by atoms with E-state index in [-0.39, 0.29) is 24.4 Å². The summed E-state index contributed by atoms with van der Waals surface area (Å²) in [6.45, 7) is 1.25. The number of rotatable bonds is 6. The average molecular weight is 247 g/mol. The minimum atomic E-state index is -2.49. The summed E-state index contributed by atoms with van der Waals surface area (Å²) in [5, 5.41) is 0. The van der Waals surface area contributed by atoms with Crippen LogP contribution in [-0.4, -0.2) is 29.6 Å². The van der Waals surface area contributed by atoms with Crippen molar-refractivity contribution in [3.63, 3.8) is 0 Å². The van der Waals surface area contributed by atoms with Gasteiger partial charge in [0.05, 0.1) is 12.2 Å². The largest absolute Gasteiger partial charge is 0.383 e. The molecule has 0 aromatic carbocycles.